The van der Waals surface area contributed by atoms with Gasteiger partial charge in [-0.25, -0.2) is 4.79 Å². The summed E-state index contributed by atoms with van der Waals surface area (Å²) >= 11 is 0.888. The van der Waals surface area contributed by atoms with Crippen molar-refractivity contribution < 1.29 is 19.6 Å². The number of thiophene rings is 1. The Balaban J connectivity index is 1.97. The maximum Gasteiger partial charge on any atom is 0.335 e. The highest BCUT2D eigenvalue weighted by Crippen LogP contribution is 2.22. The minimum Gasteiger partial charge on any atom is -0.478 e. The van der Waals surface area contributed by atoms with Gasteiger partial charge in [-0.1, -0.05) is 23.5 Å². The number of nitrogens with one attached hydrogen (secondary N) is 1. The van der Waals surface area contributed by atoms with Crippen LogP contribution in [0, 0.1) is 10.1 Å². The molecule has 8 heteroatoms. The molecule has 0 spiro atoms. The molecule has 2 rings (SSSR count). The summed E-state index contributed by atoms with van der Waals surface area (Å²) in [6, 6.07) is 7.30. The number of carbonyl (C=O) groups is 2. The van der Waals surface area contributed by atoms with Gasteiger partial charge in [0, 0.05) is 18.0 Å². The summed E-state index contributed by atoms with van der Waals surface area (Å²) < 4.78 is 0. The molecule has 0 saturated carbocycles. The molecular weight excluding hydrogens is 296 g/mol. The van der Waals surface area contributed by atoms with Crippen LogP contribution in [0.1, 0.15) is 26.3 Å². The van der Waals surface area contributed by atoms with Crippen molar-refractivity contribution in [2.75, 3.05) is 0 Å². The number of aromatic carboxylic acids is 1. The third-order valence-electron chi connectivity index (χ3n) is 2.68. The molecule has 1 heterocycles. The molecule has 1 amide bonds. The molecule has 0 aliphatic heterocycles. The van der Waals surface area contributed by atoms with Crippen LogP contribution >= 0.6 is 11.3 Å². The van der Waals surface area contributed by atoms with E-state index in [1.54, 1.807) is 12.1 Å². The summed E-state index contributed by atoms with van der Waals surface area (Å²) in [6.07, 6.45) is 0. The van der Waals surface area contributed by atoms with E-state index in [0.29, 0.717) is 0 Å². The van der Waals surface area contributed by atoms with Gasteiger partial charge in [0.05, 0.1) is 16.1 Å². The average Bonchev–Trinajstić information content (AvgIpc) is 2.95. The Hall–Kier alpha value is -2.74. The maximum atomic E-state index is 11.8. The SMILES string of the molecule is O=C(O)c1ccc(CNC(=O)c2csc([N+](=O)[O-])c2)cc1. The van der Waals surface area contributed by atoms with Gasteiger partial charge in [0.2, 0.25) is 0 Å². The number of hydrogen-bond donors (Lipinski definition) is 2. The number of rotatable bonds is 5. The second-order valence-electron chi connectivity index (χ2n) is 4.12. The number of hydrogen-bond acceptors (Lipinski definition) is 5. The molecule has 0 atom stereocenters. The van der Waals surface area contributed by atoms with Gasteiger partial charge < -0.3 is 10.4 Å². The molecule has 0 fully saturated rings. The summed E-state index contributed by atoms with van der Waals surface area (Å²) in [5.74, 6) is -1.43. The molecule has 1 aromatic heterocycles. The summed E-state index contributed by atoms with van der Waals surface area (Å²) in [5, 5.41) is 23.2. The highest BCUT2D eigenvalue weighted by Gasteiger charge is 2.14. The fourth-order valence-corrected chi connectivity index (χ4v) is 2.29. The fourth-order valence-electron chi connectivity index (χ4n) is 1.59. The fraction of sp³-hybridized carbons (Fsp3) is 0.0769. The molecule has 0 aliphatic carbocycles. The van der Waals surface area contributed by atoms with E-state index < -0.39 is 16.8 Å². The van der Waals surface area contributed by atoms with Crippen LogP contribution in [0.3, 0.4) is 0 Å². The quantitative estimate of drug-likeness (QED) is 0.650. The second kappa shape index (κ2) is 6.14. The molecule has 0 unspecified atom stereocenters. The highest BCUT2D eigenvalue weighted by molar-refractivity contribution is 7.13. The summed E-state index contributed by atoms with van der Waals surface area (Å²) in [5.41, 5.74) is 1.13. The standard InChI is InChI=1S/C13H10N2O5S/c16-12(10-5-11(15(19)20)21-7-10)14-6-8-1-3-9(4-2-8)13(17)18/h1-5,7H,6H2,(H,14,16)(H,17,18). The first kappa shape index (κ1) is 14.7. The molecule has 0 bridgehead atoms. The molecule has 21 heavy (non-hydrogen) atoms. The van der Waals surface area contributed by atoms with E-state index in [1.165, 1.54) is 23.6 Å². The third kappa shape index (κ3) is 3.63. The Morgan fingerprint density at radius 2 is 1.90 bits per heavy atom. The number of nitro groups is 1. The minimum atomic E-state index is -1.02. The van der Waals surface area contributed by atoms with Crippen LogP contribution in [0.15, 0.2) is 35.7 Å². The average molecular weight is 306 g/mol. The maximum absolute atomic E-state index is 11.8. The molecule has 2 aromatic rings. The zero-order valence-electron chi connectivity index (χ0n) is 10.6. The number of amides is 1. The molecule has 7 nitrogen and oxygen atoms in total. The first-order chi connectivity index (χ1) is 9.97. The Labute approximate surface area is 123 Å². The summed E-state index contributed by atoms with van der Waals surface area (Å²) in [6.45, 7) is 0.211. The van der Waals surface area contributed by atoms with Gasteiger partial charge in [0.25, 0.3) is 5.91 Å². The van der Waals surface area contributed by atoms with Crippen molar-refractivity contribution >= 4 is 28.2 Å². The molecule has 108 valence electrons. The Morgan fingerprint density at radius 1 is 1.24 bits per heavy atom. The van der Waals surface area contributed by atoms with Crippen molar-refractivity contribution in [1.29, 1.82) is 0 Å². The lowest BCUT2D eigenvalue weighted by atomic mass is 10.1. The number of carboxylic acids is 1. The van der Waals surface area contributed by atoms with E-state index in [-0.39, 0.29) is 22.7 Å². The van der Waals surface area contributed by atoms with Gasteiger partial charge in [-0.2, -0.15) is 0 Å². The molecule has 0 aliphatic rings. The van der Waals surface area contributed by atoms with Gasteiger partial charge >= 0.3 is 11.0 Å². The van der Waals surface area contributed by atoms with E-state index in [4.69, 9.17) is 5.11 Å². The topological polar surface area (TPSA) is 110 Å². The zero-order valence-corrected chi connectivity index (χ0v) is 11.4. The van der Waals surface area contributed by atoms with Crippen LogP contribution in [-0.4, -0.2) is 21.9 Å². The normalized spacial score (nSPS) is 10.1. The summed E-state index contributed by atoms with van der Waals surface area (Å²) in [4.78, 5) is 32.5. The zero-order chi connectivity index (χ0) is 15.4. The Kier molecular flexibility index (Phi) is 4.29. The summed E-state index contributed by atoms with van der Waals surface area (Å²) in [7, 11) is 0. The first-order valence-corrected chi connectivity index (χ1v) is 6.68. The predicted octanol–water partition coefficient (Wildman–Crippen LogP) is 2.28. The van der Waals surface area contributed by atoms with Crippen molar-refractivity contribution in [2.24, 2.45) is 0 Å². The smallest absolute Gasteiger partial charge is 0.335 e. The molecular formula is C13H10N2O5S. The first-order valence-electron chi connectivity index (χ1n) is 5.80. The van der Waals surface area contributed by atoms with Crippen molar-refractivity contribution in [3.8, 4) is 0 Å². The van der Waals surface area contributed by atoms with Gasteiger partial charge in [0.15, 0.2) is 0 Å². The van der Waals surface area contributed by atoms with Crippen LogP contribution in [-0.2, 0) is 6.54 Å². The lowest BCUT2D eigenvalue weighted by Crippen LogP contribution is -2.22. The Bertz CT molecular complexity index is 693. The number of carbonyl (C=O) groups excluding carboxylic acids is 1. The van der Waals surface area contributed by atoms with Gasteiger partial charge in [-0.3, -0.25) is 14.9 Å². The molecule has 0 radical (unpaired) electrons. The van der Waals surface area contributed by atoms with Crippen LogP contribution in [0.2, 0.25) is 0 Å². The van der Waals surface area contributed by atoms with Crippen LogP contribution in [0.4, 0.5) is 5.00 Å². The van der Waals surface area contributed by atoms with Crippen molar-refractivity contribution in [2.45, 2.75) is 6.54 Å². The van der Waals surface area contributed by atoms with Gasteiger partial charge in [-0.15, -0.1) is 0 Å². The minimum absolute atomic E-state index is 0.0917. The number of carboxylic acid groups (broad SMARTS) is 1. The van der Waals surface area contributed by atoms with E-state index >= 15 is 0 Å². The van der Waals surface area contributed by atoms with E-state index in [0.717, 1.165) is 16.9 Å². The van der Waals surface area contributed by atoms with E-state index in [2.05, 4.69) is 5.32 Å². The Morgan fingerprint density at radius 3 is 2.43 bits per heavy atom. The van der Waals surface area contributed by atoms with Crippen LogP contribution < -0.4 is 5.32 Å². The van der Waals surface area contributed by atoms with Gasteiger partial charge in [-0.05, 0) is 17.7 Å². The predicted molar refractivity (Wildman–Crippen MR) is 75.5 cm³/mol. The molecule has 0 saturated heterocycles. The van der Waals surface area contributed by atoms with E-state index in [9.17, 15) is 19.7 Å². The lowest BCUT2D eigenvalue weighted by Gasteiger charge is -2.04. The monoisotopic (exact) mass is 306 g/mol. The van der Waals surface area contributed by atoms with Gasteiger partial charge in [0.1, 0.15) is 0 Å². The lowest BCUT2D eigenvalue weighted by molar-refractivity contribution is -0.380. The largest absolute Gasteiger partial charge is 0.478 e. The highest BCUT2D eigenvalue weighted by atomic mass is 32.1. The number of nitrogens with zero attached hydrogens (tertiary/aromatic N) is 1. The molecule has 2 N–H and O–H groups in total. The van der Waals surface area contributed by atoms with Crippen molar-refractivity contribution in [1.82, 2.24) is 5.32 Å². The second-order valence-corrected chi connectivity index (χ2v) is 5.01. The van der Waals surface area contributed by atoms with Crippen molar-refractivity contribution in [3.05, 3.63) is 62.5 Å². The van der Waals surface area contributed by atoms with Crippen LogP contribution in [0.25, 0.3) is 0 Å². The number of benzene rings is 1. The molecule has 1 aromatic carbocycles. The van der Waals surface area contributed by atoms with E-state index in [1.807, 2.05) is 0 Å². The van der Waals surface area contributed by atoms with Crippen molar-refractivity contribution in [3.63, 3.8) is 0 Å². The van der Waals surface area contributed by atoms with Crippen LogP contribution in [0.5, 0.6) is 0 Å². The third-order valence-corrected chi connectivity index (χ3v) is 3.56.